The molecular formula is C56H68F2N6O8+2. The summed E-state index contributed by atoms with van der Waals surface area (Å²) in [5.41, 5.74) is 5.51. The van der Waals surface area contributed by atoms with Crippen LogP contribution in [0.5, 0.6) is 11.5 Å². The highest BCUT2D eigenvalue weighted by Gasteiger charge is 2.56. The molecular weight excluding hydrogens is 923 g/mol. The number of quaternary nitrogens is 2. The normalized spacial score (nSPS) is 20.8. The number of benzene rings is 4. The van der Waals surface area contributed by atoms with Crippen molar-refractivity contribution in [1.82, 2.24) is 9.80 Å². The van der Waals surface area contributed by atoms with Gasteiger partial charge >= 0.3 is 24.0 Å². The van der Waals surface area contributed by atoms with Crippen molar-refractivity contribution in [3.05, 3.63) is 132 Å². The van der Waals surface area contributed by atoms with E-state index in [0.29, 0.717) is 37.1 Å². The third-order valence-corrected chi connectivity index (χ3v) is 13.8. The van der Waals surface area contributed by atoms with Crippen LogP contribution in [-0.2, 0) is 19.3 Å². The van der Waals surface area contributed by atoms with Crippen molar-refractivity contribution in [3.63, 3.8) is 0 Å². The Balaban J connectivity index is 0.924. The summed E-state index contributed by atoms with van der Waals surface area (Å²) in [6, 6.07) is 25.9. The lowest BCUT2D eigenvalue weighted by Crippen LogP contribution is -2.57. The molecule has 0 saturated carbocycles. The fourth-order valence-corrected chi connectivity index (χ4v) is 10.0. The van der Waals surface area contributed by atoms with E-state index in [4.69, 9.17) is 19.1 Å². The number of hydroxylamine groups is 6. The molecule has 4 aromatic carbocycles. The van der Waals surface area contributed by atoms with Crippen molar-refractivity contribution in [1.29, 1.82) is 0 Å². The average Bonchev–Trinajstić information content (AvgIpc) is 3.86. The topological polar surface area (TPSA) is 118 Å². The predicted octanol–water partition coefficient (Wildman–Crippen LogP) is 9.81. The van der Waals surface area contributed by atoms with E-state index in [2.05, 4.69) is 34.1 Å². The van der Waals surface area contributed by atoms with Gasteiger partial charge in [0, 0.05) is 61.5 Å². The molecule has 0 aromatic heterocycles. The van der Waals surface area contributed by atoms with Crippen molar-refractivity contribution in [3.8, 4) is 11.5 Å². The summed E-state index contributed by atoms with van der Waals surface area (Å²) >= 11 is 0. The molecule has 16 heteroatoms. The second-order valence-electron chi connectivity index (χ2n) is 19.6. The zero-order valence-corrected chi connectivity index (χ0v) is 42.0. The van der Waals surface area contributed by atoms with Crippen LogP contribution in [0.3, 0.4) is 0 Å². The highest BCUT2D eigenvalue weighted by atomic mass is 19.1. The fraction of sp³-hybridized carbons (Fsp3) is 0.429. The first kappa shape index (κ1) is 51.9. The molecule has 8 rings (SSSR count). The van der Waals surface area contributed by atoms with Crippen molar-refractivity contribution < 1.29 is 56.4 Å². The van der Waals surface area contributed by atoms with E-state index in [-0.39, 0.29) is 51.5 Å². The lowest BCUT2D eigenvalue weighted by Gasteiger charge is -2.30. The summed E-state index contributed by atoms with van der Waals surface area (Å²) in [7, 11) is 0. The van der Waals surface area contributed by atoms with Crippen molar-refractivity contribution in [2.45, 2.75) is 78.4 Å². The van der Waals surface area contributed by atoms with Gasteiger partial charge in [-0.05, 0) is 138 Å². The van der Waals surface area contributed by atoms with Crippen LogP contribution in [0, 0.1) is 11.6 Å². The third kappa shape index (κ3) is 12.4. The average molecular weight is 991 g/mol. The van der Waals surface area contributed by atoms with Crippen LogP contribution in [0.25, 0.3) is 11.1 Å². The van der Waals surface area contributed by atoms with Crippen LogP contribution in [0.15, 0.2) is 109 Å². The Labute approximate surface area is 421 Å². The number of amides is 4. The van der Waals surface area contributed by atoms with Crippen LogP contribution in [0.1, 0.15) is 77.3 Å². The van der Waals surface area contributed by atoms with Crippen molar-refractivity contribution in [2.75, 3.05) is 88.3 Å². The molecule has 4 aromatic rings. The molecule has 2 saturated heterocycles. The molecule has 4 heterocycles. The summed E-state index contributed by atoms with van der Waals surface area (Å²) in [5.74, 6) is -2.00. The van der Waals surface area contributed by atoms with Gasteiger partial charge in [0.2, 0.25) is 0 Å². The number of rotatable bonds is 20. The van der Waals surface area contributed by atoms with E-state index < -0.39 is 44.9 Å². The van der Waals surface area contributed by atoms with Crippen LogP contribution in [-0.4, -0.2) is 134 Å². The molecule has 4 aliphatic rings. The Bertz CT molecular complexity index is 2450. The lowest BCUT2D eigenvalue weighted by molar-refractivity contribution is -1.02. The minimum atomic E-state index is -1.40. The van der Waals surface area contributed by atoms with Crippen LogP contribution >= 0.6 is 0 Å². The van der Waals surface area contributed by atoms with Gasteiger partial charge in [-0.1, -0.05) is 57.8 Å². The Morgan fingerprint density at radius 1 is 0.542 bits per heavy atom. The summed E-state index contributed by atoms with van der Waals surface area (Å²) in [6.07, 6.45) is 8.54. The number of urea groups is 2. The quantitative estimate of drug-likeness (QED) is 0.0481. The van der Waals surface area contributed by atoms with Gasteiger partial charge in [0.05, 0.1) is 25.3 Å². The van der Waals surface area contributed by atoms with E-state index in [0.717, 1.165) is 74.7 Å². The standard InChI is InChI=1S/C56H68F2N6O8/c1-41(2)69-51-15-7-5-13-49(51)43-25-31-59(32-26-43)29-9-11-37-63(39-35-61(55(63)67)47-21-17-45(57)18-22-47)71-53(65)54(66)72-64(40-36-62(56(64)68)48-23-19-46(58)20-24-48)38-12-10-30-60-33-27-44(28-34-60)50-14-6-8-16-52(50)70-42(3)4/h5-8,13-25,27,41-42H,9-12,26,28-40H2,1-4H3/q+2. The number of ether oxygens (including phenoxy) is 2. The molecule has 72 heavy (non-hydrogen) atoms. The first-order chi connectivity index (χ1) is 34.7. The number of carbonyl (C=O) groups is 4. The molecule has 14 nitrogen and oxygen atoms in total. The minimum Gasteiger partial charge on any atom is -0.490 e. The molecule has 0 spiro atoms. The van der Waals surface area contributed by atoms with Gasteiger partial charge in [0.15, 0.2) is 0 Å². The van der Waals surface area contributed by atoms with E-state index in [1.165, 1.54) is 69.5 Å². The van der Waals surface area contributed by atoms with Gasteiger partial charge in [-0.15, -0.1) is 0 Å². The van der Waals surface area contributed by atoms with Gasteiger partial charge in [-0.2, -0.15) is 0 Å². The summed E-state index contributed by atoms with van der Waals surface area (Å²) < 4.78 is 38.5. The van der Waals surface area contributed by atoms with E-state index in [9.17, 15) is 28.0 Å². The molecule has 0 aliphatic carbocycles. The number of carbonyl (C=O) groups excluding carboxylic acids is 4. The molecule has 2 atom stereocenters. The highest BCUT2D eigenvalue weighted by molar-refractivity contribution is 6.29. The summed E-state index contributed by atoms with van der Waals surface area (Å²) in [6.45, 7) is 13.2. The minimum absolute atomic E-state index is 0.0333. The SMILES string of the molecule is CC(C)Oc1ccccc1C1=CCN(CCCC[N+]2(OC(=O)C(=O)O[N+]3(CCCCN4CC=C(c5ccccc5OC(C)C)CC4)CCN(c4ccc(F)cc4)C3=O)CCN(c3ccc(F)cc3)C2=O)CC1. The van der Waals surface area contributed by atoms with Crippen molar-refractivity contribution >= 4 is 46.5 Å². The van der Waals surface area contributed by atoms with E-state index >= 15 is 0 Å². The third-order valence-electron chi connectivity index (χ3n) is 13.8. The lowest BCUT2D eigenvalue weighted by atomic mass is 9.98. The molecule has 0 N–H and O–H groups in total. The Morgan fingerprint density at radius 2 is 0.931 bits per heavy atom. The Hall–Kier alpha value is -6.46. The number of unbranched alkanes of at least 4 members (excludes halogenated alkanes) is 2. The smallest absolute Gasteiger partial charge is 0.481 e. The maximum Gasteiger partial charge on any atom is 0.481 e. The number of hydrogen-bond donors (Lipinski definition) is 0. The molecule has 2 unspecified atom stereocenters. The number of hydrogen-bond acceptors (Lipinski definition) is 10. The van der Waals surface area contributed by atoms with Gasteiger partial charge in [0.25, 0.3) is 0 Å². The second-order valence-corrected chi connectivity index (χ2v) is 19.6. The number of halogens is 2. The predicted molar refractivity (Wildman–Crippen MR) is 271 cm³/mol. The largest absolute Gasteiger partial charge is 0.490 e. The Kier molecular flexibility index (Phi) is 16.9. The second kappa shape index (κ2) is 23.4. The van der Waals surface area contributed by atoms with Crippen LogP contribution in [0.2, 0.25) is 0 Å². The van der Waals surface area contributed by atoms with E-state index in [1.54, 1.807) is 0 Å². The molecule has 382 valence electrons. The zero-order chi connectivity index (χ0) is 50.8. The molecule has 4 amide bonds. The first-order valence-corrected chi connectivity index (χ1v) is 25.4. The van der Waals surface area contributed by atoms with Gasteiger partial charge in [0.1, 0.15) is 49.3 Å². The first-order valence-electron chi connectivity index (χ1n) is 25.4. The monoisotopic (exact) mass is 991 g/mol. The highest BCUT2D eigenvalue weighted by Crippen LogP contribution is 2.34. The zero-order valence-electron chi connectivity index (χ0n) is 42.0. The fourth-order valence-electron chi connectivity index (χ4n) is 10.0. The maximum atomic E-state index is 14.4. The number of nitrogens with zero attached hydrogens (tertiary/aromatic N) is 6. The van der Waals surface area contributed by atoms with Crippen LogP contribution in [0.4, 0.5) is 29.7 Å². The van der Waals surface area contributed by atoms with E-state index in [1.807, 2.05) is 64.1 Å². The van der Waals surface area contributed by atoms with Gasteiger partial charge in [-0.3, -0.25) is 29.3 Å². The summed E-state index contributed by atoms with van der Waals surface area (Å²) in [4.78, 5) is 76.3. The molecule has 0 radical (unpaired) electrons. The number of anilines is 2. The van der Waals surface area contributed by atoms with Crippen molar-refractivity contribution in [2.24, 2.45) is 0 Å². The van der Waals surface area contributed by atoms with Crippen LogP contribution < -0.4 is 19.3 Å². The number of para-hydroxylation sites is 2. The summed E-state index contributed by atoms with van der Waals surface area (Å²) in [5, 5.41) is 0. The maximum absolute atomic E-state index is 14.4. The Morgan fingerprint density at radius 3 is 1.29 bits per heavy atom. The molecule has 2 fully saturated rings. The van der Waals surface area contributed by atoms with Gasteiger partial charge < -0.3 is 9.47 Å². The molecule has 4 aliphatic heterocycles. The molecule has 0 bridgehead atoms. The van der Waals surface area contributed by atoms with Gasteiger partial charge in [-0.25, -0.2) is 28.0 Å².